The third kappa shape index (κ3) is 4.17. The monoisotopic (exact) mass is 243 g/mol. The van der Waals surface area contributed by atoms with Crippen LogP contribution in [0.15, 0.2) is 12.2 Å². The van der Waals surface area contributed by atoms with Gasteiger partial charge in [0.05, 0.1) is 0 Å². The van der Waals surface area contributed by atoms with Gasteiger partial charge in [-0.25, -0.2) is 0 Å². The van der Waals surface area contributed by atoms with Crippen LogP contribution in [0.5, 0.6) is 0 Å². The average Bonchev–Trinajstić information content (AvgIpc) is 2.42. The Kier molecular flexibility index (Phi) is 5.89. The van der Waals surface area contributed by atoms with Crippen LogP contribution in [-0.2, 0) is 4.79 Å². The van der Waals surface area contributed by atoms with Gasteiger partial charge in [-0.15, -0.1) is 11.6 Å². The Morgan fingerprint density at radius 1 is 1.44 bits per heavy atom. The Hall–Kier alpha value is -0.500. The molecule has 16 heavy (non-hydrogen) atoms. The molecule has 0 aromatic rings. The lowest BCUT2D eigenvalue weighted by Gasteiger charge is -2.20. The summed E-state index contributed by atoms with van der Waals surface area (Å²) in [5.41, 5.74) is 0. The van der Waals surface area contributed by atoms with Crippen molar-refractivity contribution in [2.24, 2.45) is 11.8 Å². The molecule has 1 fully saturated rings. The summed E-state index contributed by atoms with van der Waals surface area (Å²) in [7, 11) is 0. The third-order valence-corrected chi connectivity index (χ3v) is 3.55. The number of halogens is 1. The smallest absolute Gasteiger partial charge is 0.222 e. The van der Waals surface area contributed by atoms with Crippen molar-refractivity contribution in [1.29, 1.82) is 0 Å². The van der Waals surface area contributed by atoms with Gasteiger partial charge in [0, 0.05) is 25.4 Å². The number of rotatable bonds is 4. The minimum absolute atomic E-state index is 0.294. The highest BCUT2D eigenvalue weighted by Gasteiger charge is 2.23. The Morgan fingerprint density at radius 3 is 2.81 bits per heavy atom. The van der Waals surface area contributed by atoms with Crippen molar-refractivity contribution in [3.8, 4) is 0 Å². The van der Waals surface area contributed by atoms with Crippen molar-refractivity contribution in [3.05, 3.63) is 12.2 Å². The van der Waals surface area contributed by atoms with E-state index in [1.165, 1.54) is 0 Å². The molecule has 0 aromatic heterocycles. The molecule has 1 aliphatic heterocycles. The first-order valence-electron chi connectivity index (χ1n) is 6.14. The molecule has 1 rings (SSSR count). The summed E-state index contributed by atoms with van der Waals surface area (Å²) in [6, 6.07) is 0. The number of likely N-dealkylation sites (tertiary alicyclic amines) is 1. The van der Waals surface area contributed by atoms with Crippen LogP contribution in [0.4, 0.5) is 0 Å². The van der Waals surface area contributed by atoms with E-state index in [0.717, 1.165) is 25.9 Å². The zero-order chi connectivity index (χ0) is 12.0. The lowest BCUT2D eigenvalue weighted by Crippen LogP contribution is -2.30. The number of carbonyl (C=O) groups excluding carboxylic acids is 1. The first-order valence-corrected chi connectivity index (χ1v) is 6.67. The summed E-state index contributed by atoms with van der Waals surface area (Å²) in [4.78, 5) is 13.8. The summed E-state index contributed by atoms with van der Waals surface area (Å²) in [5.74, 6) is 2.20. The van der Waals surface area contributed by atoms with Crippen LogP contribution in [0.3, 0.4) is 0 Å². The van der Waals surface area contributed by atoms with Crippen LogP contribution in [0.25, 0.3) is 0 Å². The van der Waals surface area contributed by atoms with Crippen molar-refractivity contribution in [1.82, 2.24) is 4.90 Å². The number of nitrogens with zero attached hydrogens (tertiary/aromatic N) is 1. The molecular formula is C13H22ClNO. The van der Waals surface area contributed by atoms with Crippen molar-refractivity contribution >= 4 is 17.5 Å². The van der Waals surface area contributed by atoms with Gasteiger partial charge in [0.1, 0.15) is 0 Å². The zero-order valence-corrected chi connectivity index (χ0v) is 11.0. The van der Waals surface area contributed by atoms with Crippen molar-refractivity contribution in [2.75, 3.05) is 19.0 Å². The van der Waals surface area contributed by atoms with E-state index in [0.29, 0.717) is 30.0 Å². The molecule has 1 unspecified atom stereocenters. The van der Waals surface area contributed by atoms with Crippen molar-refractivity contribution in [2.45, 2.75) is 33.1 Å². The van der Waals surface area contributed by atoms with Gasteiger partial charge in [0.15, 0.2) is 0 Å². The number of hydrogen-bond acceptors (Lipinski definition) is 1. The molecule has 1 heterocycles. The molecule has 1 atom stereocenters. The van der Waals surface area contributed by atoms with E-state index in [-0.39, 0.29) is 0 Å². The summed E-state index contributed by atoms with van der Waals surface area (Å²) in [5, 5.41) is 0. The van der Waals surface area contributed by atoms with E-state index in [1.54, 1.807) is 0 Å². The second-order valence-electron chi connectivity index (χ2n) is 4.80. The highest BCUT2D eigenvalue weighted by Crippen LogP contribution is 2.24. The van der Waals surface area contributed by atoms with Gasteiger partial charge in [-0.2, -0.15) is 0 Å². The molecule has 3 heteroatoms. The molecule has 0 N–H and O–H groups in total. The fraction of sp³-hybridized carbons (Fsp3) is 0.769. The molecule has 1 amide bonds. The Labute approximate surface area is 104 Å². The Bertz CT molecular complexity index is 250. The van der Waals surface area contributed by atoms with Gasteiger partial charge >= 0.3 is 0 Å². The fourth-order valence-corrected chi connectivity index (χ4v) is 2.31. The highest BCUT2D eigenvalue weighted by molar-refractivity contribution is 6.18. The number of carbonyl (C=O) groups is 1. The summed E-state index contributed by atoms with van der Waals surface area (Å²) < 4.78 is 0. The zero-order valence-electron chi connectivity index (χ0n) is 10.3. The largest absolute Gasteiger partial charge is 0.339 e. The van der Waals surface area contributed by atoms with Gasteiger partial charge in [-0.05, 0) is 24.7 Å². The summed E-state index contributed by atoms with van der Waals surface area (Å²) in [6.45, 7) is 6.11. The standard InChI is InChI=1S/C13H22ClNO/c1-11(2)12-5-6-13(16)15(10-7-12)9-4-3-8-14/h3-4,11-12H,5-10H2,1-2H3. The number of alkyl halides is 1. The number of hydrogen-bond donors (Lipinski definition) is 0. The van der Waals surface area contributed by atoms with Crippen LogP contribution in [0.1, 0.15) is 33.1 Å². The molecule has 0 aliphatic carbocycles. The van der Waals surface area contributed by atoms with Crippen LogP contribution < -0.4 is 0 Å². The SMILES string of the molecule is CC(C)C1CCC(=O)N(CC=CCCl)CC1. The molecule has 0 bridgehead atoms. The van der Waals surface area contributed by atoms with Gasteiger partial charge in [-0.1, -0.05) is 26.0 Å². The topological polar surface area (TPSA) is 20.3 Å². The predicted molar refractivity (Wildman–Crippen MR) is 68.6 cm³/mol. The quantitative estimate of drug-likeness (QED) is 0.549. The van der Waals surface area contributed by atoms with Gasteiger partial charge in [0.2, 0.25) is 5.91 Å². The number of allylic oxidation sites excluding steroid dienone is 1. The van der Waals surface area contributed by atoms with E-state index in [2.05, 4.69) is 13.8 Å². The molecule has 0 radical (unpaired) electrons. The van der Waals surface area contributed by atoms with E-state index >= 15 is 0 Å². The highest BCUT2D eigenvalue weighted by atomic mass is 35.5. The summed E-state index contributed by atoms with van der Waals surface area (Å²) >= 11 is 5.56. The molecule has 0 spiro atoms. The summed E-state index contributed by atoms with van der Waals surface area (Å²) in [6.07, 6.45) is 6.78. The normalized spacial score (nSPS) is 23.1. The minimum Gasteiger partial charge on any atom is -0.339 e. The lowest BCUT2D eigenvalue weighted by molar-refractivity contribution is -0.130. The second-order valence-corrected chi connectivity index (χ2v) is 5.11. The Morgan fingerprint density at radius 2 is 2.19 bits per heavy atom. The average molecular weight is 244 g/mol. The van der Waals surface area contributed by atoms with Gasteiger partial charge < -0.3 is 4.90 Å². The van der Waals surface area contributed by atoms with E-state index in [4.69, 9.17) is 11.6 Å². The second kappa shape index (κ2) is 6.95. The molecule has 0 aromatic carbocycles. The first kappa shape index (κ1) is 13.6. The lowest BCUT2D eigenvalue weighted by atomic mass is 9.89. The van der Waals surface area contributed by atoms with Crippen molar-refractivity contribution in [3.63, 3.8) is 0 Å². The maximum Gasteiger partial charge on any atom is 0.222 e. The van der Waals surface area contributed by atoms with Crippen LogP contribution in [-0.4, -0.2) is 29.8 Å². The van der Waals surface area contributed by atoms with E-state index in [1.807, 2.05) is 17.1 Å². The van der Waals surface area contributed by atoms with E-state index < -0.39 is 0 Å². The predicted octanol–water partition coefficient (Wildman–Crippen LogP) is 3.07. The van der Waals surface area contributed by atoms with Crippen LogP contribution in [0, 0.1) is 11.8 Å². The molecule has 1 aliphatic rings. The van der Waals surface area contributed by atoms with Crippen molar-refractivity contribution < 1.29 is 4.79 Å². The number of amides is 1. The van der Waals surface area contributed by atoms with Crippen LogP contribution >= 0.6 is 11.6 Å². The third-order valence-electron chi connectivity index (χ3n) is 3.38. The molecule has 92 valence electrons. The van der Waals surface area contributed by atoms with Gasteiger partial charge in [-0.3, -0.25) is 4.79 Å². The Balaban J connectivity index is 2.47. The fourth-order valence-electron chi connectivity index (χ4n) is 2.18. The molecule has 2 nitrogen and oxygen atoms in total. The van der Waals surface area contributed by atoms with E-state index in [9.17, 15) is 4.79 Å². The van der Waals surface area contributed by atoms with Gasteiger partial charge in [0.25, 0.3) is 0 Å². The first-order chi connectivity index (χ1) is 7.65. The molecular weight excluding hydrogens is 222 g/mol. The maximum atomic E-state index is 11.8. The maximum absolute atomic E-state index is 11.8. The molecule has 1 saturated heterocycles. The molecule has 0 saturated carbocycles. The van der Waals surface area contributed by atoms with Crippen LogP contribution in [0.2, 0.25) is 0 Å². The minimum atomic E-state index is 0.294.